The lowest BCUT2D eigenvalue weighted by molar-refractivity contribution is -0.128. The van der Waals surface area contributed by atoms with Crippen molar-refractivity contribution in [2.75, 3.05) is 13.1 Å². The molecule has 1 heterocycles. The number of nitrogens with zero attached hydrogens (tertiary/aromatic N) is 1. The van der Waals surface area contributed by atoms with Gasteiger partial charge in [-0.05, 0) is 50.3 Å². The van der Waals surface area contributed by atoms with Crippen LogP contribution in [0.1, 0.15) is 51.3 Å². The summed E-state index contributed by atoms with van der Waals surface area (Å²) in [6.45, 7) is 9.58. The maximum Gasteiger partial charge on any atom is 0.237 e. The molecule has 0 aliphatic carbocycles. The third kappa shape index (κ3) is 4.55. The molecule has 1 fully saturated rings. The molecule has 0 spiro atoms. The third-order valence-corrected chi connectivity index (χ3v) is 5.12. The molecule has 128 valence electrons. The molecule has 2 rings (SSSR count). The van der Waals surface area contributed by atoms with Crippen LogP contribution in [-0.4, -0.2) is 41.1 Å². The topological polar surface area (TPSA) is 52.6 Å². The molecular weight excluding hydrogens is 288 g/mol. The van der Waals surface area contributed by atoms with E-state index in [-0.39, 0.29) is 24.1 Å². The van der Waals surface area contributed by atoms with Crippen molar-refractivity contribution in [1.82, 2.24) is 10.2 Å². The molecule has 1 aromatic carbocycles. The molecule has 2 N–H and O–H groups in total. The Morgan fingerprint density at radius 2 is 2.00 bits per heavy atom. The summed E-state index contributed by atoms with van der Waals surface area (Å²) in [6, 6.07) is 8.17. The number of carbonyl (C=O) groups is 1. The smallest absolute Gasteiger partial charge is 0.237 e. The number of nitrogens with one attached hydrogen (secondary N) is 1. The second-order valence-electron chi connectivity index (χ2n) is 6.83. The Labute approximate surface area is 139 Å². The molecule has 1 amide bonds. The SMILES string of the molecule is CCc1ccc(C(C)NC(=O)C(C)N2CCC(C)C(O)C2)cc1. The predicted molar refractivity (Wildman–Crippen MR) is 93.2 cm³/mol. The molecule has 1 aliphatic rings. The summed E-state index contributed by atoms with van der Waals surface area (Å²) < 4.78 is 0. The average Bonchev–Trinajstić information content (AvgIpc) is 2.56. The van der Waals surface area contributed by atoms with Crippen molar-refractivity contribution in [2.45, 2.75) is 58.7 Å². The maximum atomic E-state index is 12.5. The van der Waals surface area contributed by atoms with Crippen LogP contribution in [0, 0.1) is 5.92 Å². The van der Waals surface area contributed by atoms with Gasteiger partial charge < -0.3 is 10.4 Å². The van der Waals surface area contributed by atoms with E-state index in [1.807, 2.05) is 13.8 Å². The monoisotopic (exact) mass is 318 g/mol. The zero-order valence-electron chi connectivity index (χ0n) is 14.7. The second-order valence-corrected chi connectivity index (χ2v) is 6.83. The molecule has 4 unspecified atom stereocenters. The number of likely N-dealkylation sites (tertiary alicyclic amines) is 1. The highest BCUT2D eigenvalue weighted by Gasteiger charge is 2.30. The van der Waals surface area contributed by atoms with Crippen LogP contribution in [-0.2, 0) is 11.2 Å². The first-order valence-corrected chi connectivity index (χ1v) is 8.73. The lowest BCUT2D eigenvalue weighted by atomic mass is 9.95. The van der Waals surface area contributed by atoms with Crippen LogP contribution >= 0.6 is 0 Å². The Hall–Kier alpha value is -1.39. The van der Waals surface area contributed by atoms with Crippen LogP contribution < -0.4 is 5.32 Å². The van der Waals surface area contributed by atoms with Crippen molar-refractivity contribution in [3.63, 3.8) is 0 Å². The number of benzene rings is 1. The van der Waals surface area contributed by atoms with Crippen molar-refractivity contribution in [1.29, 1.82) is 0 Å². The van der Waals surface area contributed by atoms with Gasteiger partial charge in [0.05, 0.1) is 18.2 Å². The molecule has 1 aromatic rings. The summed E-state index contributed by atoms with van der Waals surface area (Å²) in [7, 11) is 0. The largest absolute Gasteiger partial charge is 0.392 e. The minimum Gasteiger partial charge on any atom is -0.392 e. The molecule has 0 bridgehead atoms. The van der Waals surface area contributed by atoms with Gasteiger partial charge in [-0.3, -0.25) is 9.69 Å². The summed E-state index contributed by atoms with van der Waals surface area (Å²) in [5.41, 5.74) is 2.42. The van der Waals surface area contributed by atoms with E-state index in [2.05, 4.69) is 48.3 Å². The molecule has 23 heavy (non-hydrogen) atoms. The van der Waals surface area contributed by atoms with Crippen LogP contribution in [0.4, 0.5) is 0 Å². The molecule has 1 saturated heterocycles. The quantitative estimate of drug-likeness (QED) is 0.877. The number of hydrogen-bond acceptors (Lipinski definition) is 3. The summed E-state index contributed by atoms with van der Waals surface area (Å²) >= 11 is 0. The first kappa shape index (κ1) is 18.0. The van der Waals surface area contributed by atoms with E-state index in [9.17, 15) is 9.90 Å². The van der Waals surface area contributed by atoms with E-state index < -0.39 is 0 Å². The number of carbonyl (C=O) groups excluding carboxylic acids is 1. The molecule has 0 radical (unpaired) electrons. The molecular formula is C19H30N2O2. The summed E-state index contributed by atoms with van der Waals surface area (Å²) in [6.07, 6.45) is 1.62. The van der Waals surface area contributed by atoms with Gasteiger partial charge >= 0.3 is 0 Å². The van der Waals surface area contributed by atoms with Gasteiger partial charge in [0.15, 0.2) is 0 Å². The predicted octanol–water partition coefficient (Wildman–Crippen LogP) is 2.52. The summed E-state index contributed by atoms with van der Waals surface area (Å²) in [5, 5.41) is 13.1. The molecule has 4 heteroatoms. The minimum absolute atomic E-state index is 0.00973. The Bertz CT molecular complexity index is 515. The molecule has 0 aromatic heterocycles. The van der Waals surface area contributed by atoms with Crippen LogP contribution in [0.15, 0.2) is 24.3 Å². The Balaban J connectivity index is 1.92. The van der Waals surface area contributed by atoms with E-state index >= 15 is 0 Å². The Morgan fingerprint density at radius 3 is 2.57 bits per heavy atom. The van der Waals surface area contributed by atoms with Crippen LogP contribution in [0.5, 0.6) is 0 Å². The van der Waals surface area contributed by atoms with Gasteiger partial charge in [-0.1, -0.05) is 38.1 Å². The molecule has 1 aliphatic heterocycles. The standard InChI is InChI=1S/C19H30N2O2/c1-5-16-6-8-17(9-7-16)14(3)20-19(23)15(4)21-11-10-13(2)18(22)12-21/h6-9,13-15,18,22H,5,10-12H2,1-4H3,(H,20,23). The third-order valence-electron chi connectivity index (χ3n) is 5.12. The maximum absolute atomic E-state index is 12.5. The first-order valence-electron chi connectivity index (χ1n) is 8.73. The van der Waals surface area contributed by atoms with Gasteiger partial charge in [-0.25, -0.2) is 0 Å². The van der Waals surface area contributed by atoms with E-state index in [0.717, 1.165) is 24.9 Å². The highest BCUT2D eigenvalue weighted by Crippen LogP contribution is 2.20. The Morgan fingerprint density at radius 1 is 1.35 bits per heavy atom. The van der Waals surface area contributed by atoms with Crippen molar-refractivity contribution < 1.29 is 9.90 Å². The Kier molecular flexibility index (Phi) is 6.19. The van der Waals surface area contributed by atoms with Gasteiger partial charge in [-0.15, -0.1) is 0 Å². The minimum atomic E-state index is -0.335. The number of aliphatic hydroxyl groups is 1. The zero-order chi connectivity index (χ0) is 17.0. The van der Waals surface area contributed by atoms with E-state index in [4.69, 9.17) is 0 Å². The summed E-state index contributed by atoms with van der Waals surface area (Å²) in [4.78, 5) is 14.6. The van der Waals surface area contributed by atoms with E-state index in [1.54, 1.807) is 0 Å². The number of β-amino-alcohol motifs (C(OH)–C–C–N with tert-alkyl or cyclic N) is 1. The molecule has 0 saturated carbocycles. The normalized spacial score (nSPS) is 24.9. The van der Waals surface area contributed by atoms with Crippen molar-refractivity contribution in [3.8, 4) is 0 Å². The summed E-state index contributed by atoms with van der Waals surface area (Å²) in [5.74, 6) is 0.344. The van der Waals surface area contributed by atoms with Gasteiger partial charge in [0, 0.05) is 6.54 Å². The fourth-order valence-electron chi connectivity index (χ4n) is 3.05. The van der Waals surface area contributed by atoms with Gasteiger partial charge in [0.1, 0.15) is 0 Å². The van der Waals surface area contributed by atoms with Crippen LogP contribution in [0.25, 0.3) is 0 Å². The highest BCUT2D eigenvalue weighted by atomic mass is 16.3. The van der Waals surface area contributed by atoms with E-state index in [0.29, 0.717) is 12.5 Å². The lowest BCUT2D eigenvalue weighted by Crippen LogP contribution is -2.52. The second kappa shape index (κ2) is 7.93. The van der Waals surface area contributed by atoms with Gasteiger partial charge in [0.25, 0.3) is 0 Å². The highest BCUT2D eigenvalue weighted by molar-refractivity contribution is 5.81. The first-order chi connectivity index (χ1) is 10.9. The number of amides is 1. The molecule has 4 nitrogen and oxygen atoms in total. The van der Waals surface area contributed by atoms with Crippen LogP contribution in [0.3, 0.4) is 0 Å². The number of rotatable bonds is 5. The number of piperidine rings is 1. The number of hydrogen-bond donors (Lipinski definition) is 2. The van der Waals surface area contributed by atoms with Crippen molar-refractivity contribution >= 4 is 5.91 Å². The zero-order valence-corrected chi connectivity index (χ0v) is 14.7. The van der Waals surface area contributed by atoms with Crippen LogP contribution in [0.2, 0.25) is 0 Å². The average molecular weight is 318 g/mol. The lowest BCUT2D eigenvalue weighted by Gasteiger charge is -2.37. The number of aliphatic hydroxyl groups excluding tert-OH is 1. The van der Waals surface area contributed by atoms with Crippen molar-refractivity contribution in [3.05, 3.63) is 35.4 Å². The molecule has 4 atom stereocenters. The number of aryl methyl sites for hydroxylation is 1. The van der Waals surface area contributed by atoms with E-state index in [1.165, 1.54) is 5.56 Å². The fraction of sp³-hybridized carbons (Fsp3) is 0.632. The van der Waals surface area contributed by atoms with Gasteiger partial charge in [0.2, 0.25) is 5.91 Å². The van der Waals surface area contributed by atoms with Crippen molar-refractivity contribution in [2.24, 2.45) is 5.92 Å². The fourth-order valence-corrected chi connectivity index (χ4v) is 3.05. The van der Waals surface area contributed by atoms with Gasteiger partial charge in [-0.2, -0.15) is 0 Å².